The van der Waals surface area contributed by atoms with Crippen molar-refractivity contribution in [1.82, 2.24) is 4.90 Å². The zero-order valence-corrected chi connectivity index (χ0v) is 25.4. The van der Waals surface area contributed by atoms with Gasteiger partial charge in [0.15, 0.2) is 0 Å². The molecule has 2 aromatic rings. The molecule has 6 rings (SSSR count). The van der Waals surface area contributed by atoms with Crippen molar-refractivity contribution in [3.8, 4) is 11.5 Å². The van der Waals surface area contributed by atoms with Gasteiger partial charge in [-0.05, 0) is 105 Å². The predicted molar refractivity (Wildman–Crippen MR) is 166 cm³/mol. The van der Waals surface area contributed by atoms with Crippen molar-refractivity contribution < 1.29 is 19.1 Å². The van der Waals surface area contributed by atoms with E-state index in [0.29, 0.717) is 24.6 Å². The number of hydrogen-bond donors (Lipinski definition) is 0. The summed E-state index contributed by atoms with van der Waals surface area (Å²) < 4.78 is 11.3. The molecule has 42 heavy (non-hydrogen) atoms. The Balaban J connectivity index is 0.932. The van der Waals surface area contributed by atoms with E-state index in [9.17, 15) is 9.59 Å². The maximum Gasteiger partial charge on any atom is 0.311 e. The fourth-order valence-corrected chi connectivity index (χ4v) is 8.46. The Morgan fingerprint density at radius 1 is 0.762 bits per heavy atom. The number of carbonyl (C=O) groups is 2. The summed E-state index contributed by atoms with van der Waals surface area (Å²) in [5, 5.41) is 0. The summed E-state index contributed by atoms with van der Waals surface area (Å²) >= 11 is 0. The summed E-state index contributed by atoms with van der Waals surface area (Å²) in [4.78, 5) is 27.6. The monoisotopic (exact) mass is 571 g/mol. The summed E-state index contributed by atoms with van der Waals surface area (Å²) in [6.07, 6.45) is 18.8. The van der Waals surface area contributed by atoms with Crippen molar-refractivity contribution in [3.05, 3.63) is 59.7 Å². The Kier molecular flexibility index (Phi) is 9.63. The van der Waals surface area contributed by atoms with Crippen LogP contribution >= 0.6 is 0 Å². The van der Waals surface area contributed by atoms with Crippen LogP contribution in [0, 0.1) is 11.8 Å². The first-order valence-corrected chi connectivity index (χ1v) is 16.9. The molecule has 4 aliphatic rings. The number of fused-ring (bicyclic) bond motifs is 1. The number of para-hydroxylation sites is 1. The molecule has 2 aromatic carbocycles. The van der Waals surface area contributed by atoms with Crippen LogP contribution in [0.4, 0.5) is 0 Å². The van der Waals surface area contributed by atoms with Crippen molar-refractivity contribution in [3.63, 3.8) is 0 Å². The highest BCUT2D eigenvalue weighted by Crippen LogP contribution is 2.56. The van der Waals surface area contributed by atoms with Gasteiger partial charge in [0.1, 0.15) is 11.5 Å². The van der Waals surface area contributed by atoms with Crippen molar-refractivity contribution in [2.45, 2.75) is 121 Å². The topological polar surface area (TPSA) is 55.8 Å². The highest BCUT2D eigenvalue weighted by molar-refractivity contribution is 5.72. The molecular formula is C37H49NO4. The zero-order chi connectivity index (χ0) is 28.8. The summed E-state index contributed by atoms with van der Waals surface area (Å²) in [6, 6.07) is 16.5. The molecule has 3 aliphatic carbocycles. The maximum atomic E-state index is 12.7. The molecule has 3 atom stereocenters. The van der Waals surface area contributed by atoms with Crippen LogP contribution in [0.25, 0.3) is 0 Å². The van der Waals surface area contributed by atoms with Crippen LogP contribution in [0.3, 0.4) is 0 Å². The van der Waals surface area contributed by atoms with Crippen LogP contribution in [0.1, 0.15) is 114 Å². The zero-order valence-electron chi connectivity index (χ0n) is 25.4. The van der Waals surface area contributed by atoms with Gasteiger partial charge < -0.3 is 9.47 Å². The Labute approximate surface area is 252 Å². The Hall–Kier alpha value is -2.66. The third-order valence-corrected chi connectivity index (χ3v) is 10.9. The van der Waals surface area contributed by atoms with Crippen LogP contribution in [-0.4, -0.2) is 36.0 Å². The van der Waals surface area contributed by atoms with E-state index < -0.39 is 0 Å². The standard InChI is InChI=1S/C37H49NO4/c39-35(41-30-15-6-5-7-16-30)18-8-3-1-2-4-9-19-36(40)42-31-21-20-29-25-34-32-17-10-11-22-37(32,33(29)26-31)23-24-38(34)27-28-13-12-14-28/h5-7,15-16,20-21,26,28,32,34H,1-4,8-14,17-19,22-25,27H2/t32-,34+,37+/m0/s1. The lowest BCUT2D eigenvalue weighted by molar-refractivity contribution is -0.135. The average Bonchev–Trinajstić information content (AvgIpc) is 2.98. The summed E-state index contributed by atoms with van der Waals surface area (Å²) in [5.41, 5.74) is 3.29. The minimum absolute atomic E-state index is 0.111. The highest BCUT2D eigenvalue weighted by atomic mass is 16.5. The number of hydrogen-bond acceptors (Lipinski definition) is 5. The Morgan fingerprint density at radius 2 is 1.48 bits per heavy atom. The van der Waals surface area contributed by atoms with E-state index in [-0.39, 0.29) is 17.4 Å². The molecule has 0 N–H and O–H groups in total. The number of piperidine rings is 1. The van der Waals surface area contributed by atoms with Crippen LogP contribution in [0.2, 0.25) is 0 Å². The minimum atomic E-state index is -0.168. The quantitative estimate of drug-likeness (QED) is 0.138. The number of rotatable bonds is 13. The maximum absolute atomic E-state index is 12.7. The first-order valence-electron chi connectivity index (χ1n) is 16.9. The van der Waals surface area contributed by atoms with E-state index >= 15 is 0 Å². The van der Waals surface area contributed by atoms with E-state index in [1.54, 1.807) is 12.1 Å². The molecule has 5 heteroatoms. The molecule has 1 heterocycles. The van der Waals surface area contributed by atoms with E-state index in [1.165, 1.54) is 75.6 Å². The number of esters is 2. The lowest BCUT2D eigenvalue weighted by Gasteiger charge is -2.59. The van der Waals surface area contributed by atoms with Crippen molar-refractivity contribution in [2.24, 2.45) is 11.8 Å². The number of carbonyl (C=O) groups excluding carboxylic acids is 2. The van der Waals surface area contributed by atoms with Crippen molar-refractivity contribution >= 4 is 11.9 Å². The molecule has 226 valence electrons. The number of unbranched alkanes of at least 4 members (excludes halogenated alkanes) is 5. The SMILES string of the molecule is O=C(CCCCCCCCC(=O)Oc1ccc2c(c1)[C@@]13CCCC[C@H]1[C@@H](C2)N(CC1CCC1)CC3)Oc1ccccc1. The Morgan fingerprint density at radius 3 is 2.19 bits per heavy atom. The van der Waals surface area contributed by atoms with Gasteiger partial charge in [0.2, 0.25) is 0 Å². The van der Waals surface area contributed by atoms with Gasteiger partial charge in [-0.25, -0.2) is 0 Å². The highest BCUT2D eigenvalue weighted by Gasteiger charge is 2.54. The van der Waals surface area contributed by atoms with E-state index in [2.05, 4.69) is 17.0 Å². The van der Waals surface area contributed by atoms with Crippen LogP contribution in [0.5, 0.6) is 11.5 Å². The molecule has 0 amide bonds. The van der Waals surface area contributed by atoms with Gasteiger partial charge >= 0.3 is 11.9 Å². The summed E-state index contributed by atoms with van der Waals surface area (Å²) in [7, 11) is 0. The molecule has 5 nitrogen and oxygen atoms in total. The smallest absolute Gasteiger partial charge is 0.311 e. The Bertz CT molecular complexity index is 1210. The normalized spacial score (nSPS) is 25.1. The first kappa shape index (κ1) is 29.4. The van der Waals surface area contributed by atoms with Crippen LogP contribution in [-0.2, 0) is 21.4 Å². The summed E-state index contributed by atoms with van der Waals surface area (Å²) in [5.74, 6) is 2.76. The first-order chi connectivity index (χ1) is 20.6. The second-order valence-electron chi connectivity index (χ2n) is 13.5. The molecular weight excluding hydrogens is 522 g/mol. The van der Waals surface area contributed by atoms with Crippen LogP contribution in [0.15, 0.2) is 48.5 Å². The van der Waals surface area contributed by atoms with E-state index in [0.717, 1.165) is 62.5 Å². The third-order valence-electron chi connectivity index (χ3n) is 10.9. The molecule has 3 fully saturated rings. The lowest BCUT2D eigenvalue weighted by atomic mass is 9.52. The molecule has 1 saturated heterocycles. The predicted octanol–water partition coefficient (Wildman–Crippen LogP) is 8.18. The average molecular weight is 572 g/mol. The third kappa shape index (κ3) is 6.77. The second-order valence-corrected chi connectivity index (χ2v) is 13.5. The minimum Gasteiger partial charge on any atom is -0.427 e. The lowest BCUT2D eigenvalue weighted by Crippen LogP contribution is -2.61. The van der Waals surface area contributed by atoms with E-state index in [4.69, 9.17) is 9.47 Å². The van der Waals surface area contributed by atoms with Gasteiger partial charge in [-0.2, -0.15) is 0 Å². The molecule has 0 spiro atoms. The molecule has 0 unspecified atom stereocenters. The van der Waals surface area contributed by atoms with Gasteiger partial charge in [0.25, 0.3) is 0 Å². The fourth-order valence-electron chi connectivity index (χ4n) is 8.46. The van der Waals surface area contributed by atoms with Crippen LogP contribution < -0.4 is 9.47 Å². The van der Waals surface area contributed by atoms with Gasteiger partial charge in [-0.15, -0.1) is 0 Å². The number of benzene rings is 2. The summed E-state index contributed by atoms with van der Waals surface area (Å²) in [6.45, 7) is 2.55. The molecule has 2 bridgehead atoms. The van der Waals surface area contributed by atoms with Gasteiger partial charge in [0.05, 0.1) is 0 Å². The molecule has 2 saturated carbocycles. The van der Waals surface area contributed by atoms with Gasteiger partial charge in [-0.1, -0.05) is 69.2 Å². The van der Waals surface area contributed by atoms with Crippen molar-refractivity contribution in [2.75, 3.05) is 13.1 Å². The number of ether oxygens (including phenoxy) is 2. The second kappa shape index (κ2) is 13.8. The van der Waals surface area contributed by atoms with Gasteiger partial charge in [0, 0.05) is 30.8 Å². The van der Waals surface area contributed by atoms with Crippen molar-refractivity contribution in [1.29, 1.82) is 0 Å². The molecule has 0 radical (unpaired) electrons. The van der Waals surface area contributed by atoms with Gasteiger partial charge in [-0.3, -0.25) is 14.5 Å². The molecule has 0 aromatic heterocycles. The van der Waals surface area contributed by atoms with E-state index in [1.807, 2.05) is 24.3 Å². The molecule has 1 aliphatic heterocycles. The fraction of sp³-hybridized carbons (Fsp3) is 0.622. The number of nitrogens with zero attached hydrogens (tertiary/aromatic N) is 1. The largest absolute Gasteiger partial charge is 0.427 e. The number of likely N-dealkylation sites (tertiary alicyclic amines) is 1.